The Kier molecular flexibility index (Phi) is 5.20. The number of nitrogens with zero attached hydrogens (tertiary/aromatic N) is 2. The lowest BCUT2D eigenvalue weighted by molar-refractivity contribution is -0.117. The van der Waals surface area contributed by atoms with Crippen LogP contribution < -0.4 is 15.5 Å². The first-order valence-electron chi connectivity index (χ1n) is 9.44. The molecule has 3 aromatic rings. The van der Waals surface area contributed by atoms with Gasteiger partial charge in [0.15, 0.2) is 0 Å². The highest BCUT2D eigenvalue weighted by Crippen LogP contribution is 2.21. The summed E-state index contributed by atoms with van der Waals surface area (Å²) in [6.45, 7) is 0.535. The van der Waals surface area contributed by atoms with Crippen LogP contribution in [-0.4, -0.2) is 35.8 Å². The van der Waals surface area contributed by atoms with Crippen molar-refractivity contribution < 1.29 is 14.4 Å². The molecule has 29 heavy (non-hydrogen) atoms. The number of rotatable bonds is 5. The van der Waals surface area contributed by atoms with Crippen molar-refractivity contribution in [2.75, 3.05) is 23.3 Å². The molecular weight excluding hydrogens is 368 g/mol. The van der Waals surface area contributed by atoms with E-state index in [9.17, 15) is 14.4 Å². The number of carbonyl (C=O) groups excluding carboxylic acids is 3. The zero-order valence-corrected chi connectivity index (χ0v) is 15.7. The molecule has 0 atom stereocenters. The van der Waals surface area contributed by atoms with Crippen LogP contribution in [0.5, 0.6) is 0 Å². The number of nitrogens with one attached hydrogen (secondary N) is 2. The predicted octanol–water partition coefficient (Wildman–Crippen LogP) is 2.73. The Balaban J connectivity index is 1.32. The van der Waals surface area contributed by atoms with Gasteiger partial charge in [0.05, 0.1) is 12.1 Å². The number of pyridine rings is 1. The number of aromatic nitrogens is 1. The summed E-state index contributed by atoms with van der Waals surface area (Å²) in [6.07, 6.45) is 1.41. The Morgan fingerprint density at radius 2 is 1.79 bits per heavy atom. The van der Waals surface area contributed by atoms with Crippen molar-refractivity contribution in [2.45, 2.75) is 12.8 Å². The fourth-order valence-electron chi connectivity index (χ4n) is 3.30. The highest BCUT2D eigenvalue weighted by Gasteiger charge is 2.21. The quantitative estimate of drug-likeness (QED) is 0.703. The Labute approximate surface area is 167 Å². The average Bonchev–Trinajstić information content (AvgIpc) is 3.18. The Hall–Kier alpha value is -3.74. The van der Waals surface area contributed by atoms with E-state index in [-0.39, 0.29) is 24.3 Å². The molecule has 0 aliphatic carbocycles. The van der Waals surface area contributed by atoms with Crippen LogP contribution in [0.25, 0.3) is 10.9 Å². The van der Waals surface area contributed by atoms with Gasteiger partial charge in [-0.05, 0) is 48.9 Å². The fraction of sp³-hybridized carbons (Fsp3) is 0.182. The maximum Gasteiger partial charge on any atom is 0.251 e. The van der Waals surface area contributed by atoms with Crippen molar-refractivity contribution in [3.63, 3.8) is 0 Å². The van der Waals surface area contributed by atoms with Crippen molar-refractivity contribution in [1.29, 1.82) is 0 Å². The summed E-state index contributed by atoms with van der Waals surface area (Å²) in [5.74, 6) is -0.185. The maximum atomic E-state index is 12.3. The van der Waals surface area contributed by atoms with E-state index in [0.29, 0.717) is 24.3 Å². The summed E-state index contributed by atoms with van der Waals surface area (Å²) in [5.41, 5.74) is 1.99. The minimum atomic E-state index is -0.361. The van der Waals surface area contributed by atoms with E-state index in [1.54, 1.807) is 35.2 Å². The highest BCUT2D eigenvalue weighted by atomic mass is 16.2. The van der Waals surface area contributed by atoms with Crippen LogP contribution in [0.1, 0.15) is 23.2 Å². The van der Waals surface area contributed by atoms with Gasteiger partial charge in [0.25, 0.3) is 5.91 Å². The van der Waals surface area contributed by atoms with Gasteiger partial charge in [-0.25, -0.2) is 4.98 Å². The molecule has 1 aromatic heterocycles. The van der Waals surface area contributed by atoms with Crippen molar-refractivity contribution in [3.8, 4) is 0 Å². The zero-order chi connectivity index (χ0) is 20.2. The molecule has 3 amide bonds. The van der Waals surface area contributed by atoms with E-state index >= 15 is 0 Å². The summed E-state index contributed by atoms with van der Waals surface area (Å²) < 4.78 is 0. The molecule has 7 nitrogen and oxygen atoms in total. The van der Waals surface area contributed by atoms with Crippen molar-refractivity contribution >= 4 is 40.1 Å². The van der Waals surface area contributed by atoms with Gasteiger partial charge in [0.2, 0.25) is 11.8 Å². The SMILES string of the molecule is O=C(CNC(=O)c1ccc(N2CCCC2=O)cc1)Nc1ccc2ccccc2n1. The van der Waals surface area contributed by atoms with Crippen LogP contribution in [0, 0.1) is 0 Å². The number of anilines is 2. The van der Waals surface area contributed by atoms with Gasteiger partial charge in [-0.3, -0.25) is 14.4 Å². The molecule has 4 rings (SSSR count). The van der Waals surface area contributed by atoms with Gasteiger partial charge in [0, 0.05) is 29.6 Å². The summed E-state index contributed by atoms with van der Waals surface area (Å²) in [6, 6.07) is 18.0. The van der Waals surface area contributed by atoms with Crippen LogP contribution in [0.2, 0.25) is 0 Å². The molecule has 2 aromatic carbocycles. The predicted molar refractivity (Wildman–Crippen MR) is 111 cm³/mol. The smallest absolute Gasteiger partial charge is 0.251 e. The van der Waals surface area contributed by atoms with Gasteiger partial charge in [-0.15, -0.1) is 0 Å². The third kappa shape index (κ3) is 4.24. The zero-order valence-electron chi connectivity index (χ0n) is 15.7. The van der Waals surface area contributed by atoms with E-state index in [1.165, 1.54) is 0 Å². The van der Waals surface area contributed by atoms with E-state index in [0.717, 1.165) is 23.0 Å². The molecule has 0 unspecified atom stereocenters. The molecule has 1 aliphatic heterocycles. The molecule has 2 N–H and O–H groups in total. The van der Waals surface area contributed by atoms with Crippen LogP contribution in [0.4, 0.5) is 11.5 Å². The Morgan fingerprint density at radius 1 is 1.00 bits per heavy atom. The first kappa shape index (κ1) is 18.6. The molecule has 1 aliphatic rings. The van der Waals surface area contributed by atoms with E-state index < -0.39 is 0 Å². The molecule has 146 valence electrons. The van der Waals surface area contributed by atoms with Crippen molar-refractivity contribution in [2.24, 2.45) is 0 Å². The number of fused-ring (bicyclic) bond motifs is 1. The van der Waals surface area contributed by atoms with Gasteiger partial charge in [-0.1, -0.05) is 18.2 Å². The summed E-state index contributed by atoms with van der Waals surface area (Å²) >= 11 is 0. The molecule has 0 bridgehead atoms. The van der Waals surface area contributed by atoms with Gasteiger partial charge < -0.3 is 15.5 Å². The topological polar surface area (TPSA) is 91.4 Å². The number of benzene rings is 2. The first-order valence-corrected chi connectivity index (χ1v) is 9.44. The van der Waals surface area contributed by atoms with Crippen LogP contribution >= 0.6 is 0 Å². The van der Waals surface area contributed by atoms with E-state index in [1.807, 2.05) is 30.3 Å². The Bertz CT molecular complexity index is 1080. The summed E-state index contributed by atoms with van der Waals surface area (Å²) in [4.78, 5) is 42.3. The number of amides is 3. The summed E-state index contributed by atoms with van der Waals surface area (Å²) in [7, 11) is 0. The number of hydrogen-bond acceptors (Lipinski definition) is 4. The molecule has 2 heterocycles. The van der Waals surface area contributed by atoms with Crippen LogP contribution in [0.15, 0.2) is 60.7 Å². The van der Waals surface area contributed by atoms with Gasteiger partial charge in [0.1, 0.15) is 5.82 Å². The second kappa shape index (κ2) is 8.10. The third-order valence-corrected chi connectivity index (χ3v) is 4.79. The molecule has 0 saturated carbocycles. The number of carbonyl (C=O) groups is 3. The second-order valence-corrected chi connectivity index (χ2v) is 6.82. The van der Waals surface area contributed by atoms with Crippen molar-refractivity contribution in [3.05, 3.63) is 66.2 Å². The molecule has 0 radical (unpaired) electrons. The molecule has 1 saturated heterocycles. The van der Waals surface area contributed by atoms with Crippen LogP contribution in [0.3, 0.4) is 0 Å². The Morgan fingerprint density at radius 3 is 2.55 bits per heavy atom. The average molecular weight is 388 g/mol. The fourth-order valence-corrected chi connectivity index (χ4v) is 3.30. The highest BCUT2D eigenvalue weighted by molar-refractivity contribution is 6.00. The lowest BCUT2D eigenvalue weighted by atomic mass is 10.2. The molecular formula is C22H20N4O3. The van der Waals surface area contributed by atoms with Gasteiger partial charge >= 0.3 is 0 Å². The first-order chi connectivity index (χ1) is 14.1. The van der Waals surface area contributed by atoms with E-state index in [4.69, 9.17) is 0 Å². The second-order valence-electron chi connectivity index (χ2n) is 6.82. The lowest BCUT2D eigenvalue weighted by Crippen LogP contribution is -2.33. The molecule has 7 heteroatoms. The van der Waals surface area contributed by atoms with Crippen LogP contribution in [-0.2, 0) is 9.59 Å². The standard InChI is InChI=1S/C22H20N4O3/c27-20(25-19-12-9-15-4-1-2-5-18(15)24-19)14-23-22(29)16-7-10-17(11-8-16)26-13-3-6-21(26)28/h1-2,4-5,7-12H,3,6,13-14H2,(H,23,29)(H,24,25,27). The van der Waals surface area contributed by atoms with E-state index in [2.05, 4.69) is 15.6 Å². The van der Waals surface area contributed by atoms with Gasteiger partial charge in [-0.2, -0.15) is 0 Å². The third-order valence-electron chi connectivity index (χ3n) is 4.79. The minimum Gasteiger partial charge on any atom is -0.343 e. The normalized spacial score (nSPS) is 13.5. The minimum absolute atomic E-state index is 0.0983. The maximum absolute atomic E-state index is 12.3. The lowest BCUT2D eigenvalue weighted by Gasteiger charge is -2.15. The number of para-hydroxylation sites is 1. The molecule has 0 spiro atoms. The molecule has 1 fully saturated rings. The monoisotopic (exact) mass is 388 g/mol. The summed E-state index contributed by atoms with van der Waals surface area (Å²) in [5, 5.41) is 6.26. The largest absolute Gasteiger partial charge is 0.343 e. The number of hydrogen-bond donors (Lipinski definition) is 2. The van der Waals surface area contributed by atoms with Crippen molar-refractivity contribution in [1.82, 2.24) is 10.3 Å².